The first-order valence-electron chi connectivity index (χ1n) is 9.99. The Morgan fingerprint density at radius 1 is 0.774 bits per heavy atom. The SMILES string of the molecule is O=C(N/N=C\c1c[nH]c2ccccc12)[C@H]1C[C@H]1C(=O)N/N=C\c1c[nH]c2ccccc12. The van der Waals surface area contributed by atoms with Crippen molar-refractivity contribution in [1.82, 2.24) is 20.8 Å². The van der Waals surface area contributed by atoms with Gasteiger partial charge in [0.25, 0.3) is 0 Å². The van der Waals surface area contributed by atoms with Gasteiger partial charge in [0, 0.05) is 45.3 Å². The summed E-state index contributed by atoms with van der Waals surface area (Å²) in [5.74, 6) is -1.31. The molecule has 8 nitrogen and oxygen atoms in total. The number of rotatable bonds is 6. The lowest BCUT2D eigenvalue weighted by Crippen LogP contribution is -2.25. The van der Waals surface area contributed by atoms with E-state index in [0.29, 0.717) is 6.42 Å². The van der Waals surface area contributed by atoms with E-state index in [1.165, 1.54) is 0 Å². The number of aromatic nitrogens is 2. The number of hydrogen-bond acceptors (Lipinski definition) is 4. The van der Waals surface area contributed by atoms with Crippen molar-refractivity contribution in [3.05, 3.63) is 72.1 Å². The maximum atomic E-state index is 12.3. The molecule has 1 aliphatic carbocycles. The minimum absolute atomic E-state index is 0.267. The highest BCUT2D eigenvalue weighted by Crippen LogP contribution is 2.38. The van der Waals surface area contributed by atoms with Crippen molar-refractivity contribution in [2.24, 2.45) is 22.0 Å². The predicted molar refractivity (Wildman–Crippen MR) is 120 cm³/mol. The molecular weight excluding hydrogens is 392 g/mol. The highest BCUT2D eigenvalue weighted by molar-refractivity contribution is 6.00. The van der Waals surface area contributed by atoms with Crippen LogP contribution in [0.1, 0.15) is 17.5 Å². The largest absolute Gasteiger partial charge is 0.361 e. The number of nitrogens with one attached hydrogen (secondary N) is 4. The van der Waals surface area contributed by atoms with Gasteiger partial charge >= 0.3 is 0 Å². The predicted octanol–water partition coefficient (Wildman–Crippen LogP) is 2.89. The van der Waals surface area contributed by atoms with Crippen LogP contribution in [0.4, 0.5) is 0 Å². The van der Waals surface area contributed by atoms with Gasteiger partial charge < -0.3 is 9.97 Å². The monoisotopic (exact) mass is 412 g/mol. The molecule has 0 saturated heterocycles. The summed E-state index contributed by atoms with van der Waals surface area (Å²) in [6.07, 6.45) is 7.35. The minimum atomic E-state index is -0.386. The van der Waals surface area contributed by atoms with Gasteiger partial charge in [0.1, 0.15) is 0 Å². The van der Waals surface area contributed by atoms with Crippen LogP contribution < -0.4 is 10.9 Å². The van der Waals surface area contributed by atoms with Crippen molar-refractivity contribution in [3.8, 4) is 0 Å². The number of carbonyl (C=O) groups excluding carboxylic acids is 2. The Morgan fingerprint density at radius 2 is 1.23 bits per heavy atom. The second kappa shape index (κ2) is 7.91. The van der Waals surface area contributed by atoms with Gasteiger partial charge in [-0.3, -0.25) is 9.59 Å². The smallest absolute Gasteiger partial charge is 0.244 e. The third-order valence-corrected chi connectivity index (χ3v) is 5.46. The van der Waals surface area contributed by atoms with Gasteiger partial charge in [0.15, 0.2) is 0 Å². The Labute approximate surface area is 177 Å². The molecule has 2 amide bonds. The van der Waals surface area contributed by atoms with Crippen LogP contribution in [-0.4, -0.2) is 34.2 Å². The standard InChI is InChI=1S/C23H20N6O2/c30-22(28-26-12-14-10-24-20-7-3-1-5-16(14)20)18-9-19(18)23(31)29-27-13-15-11-25-21-8-4-2-6-17(15)21/h1-8,10-13,18-19,24-25H,9H2,(H,28,30)(H,29,31)/b26-12-,27-13-/t18-,19+. The zero-order valence-corrected chi connectivity index (χ0v) is 16.5. The summed E-state index contributed by atoms with van der Waals surface area (Å²) < 4.78 is 0. The summed E-state index contributed by atoms with van der Waals surface area (Å²) >= 11 is 0. The van der Waals surface area contributed by atoms with Crippen LogP contribution in [0.5, 0.6) is 0 Å². The minimum Gasteiger partial charge on any atom is -0.361 e. The Bertz CT molecular complexity index is 1230. The first kappa shape index (κ1) is 18.8. The summed E-state index contributed by atoms with van der Waals surface area (Å²) in [5, 5.41) is 10.1. The van der Waals surface area contributed by atoms with Gasteiger partial charge in [-0.2, -0.15) is 10.2 Å². The number of carbonyl (C=O) groups is 2. The van der Waals surface area contributed by atoms with Crippen molar-refractivity contribution >= 4 is 46.0 Å². The molecule has 154 valence electrons. The van der Waals surface area contributed by atoms with Gasteiger partial charge in [-0.25, -0.2) is 10.9 Å². The maximum Gasteiger partial charge on any atom is 0.244 e. The van der Waals surface area contributed by atoms with Crippen LogP contribution in [0, 0.1) is 11.8 Å². The molecule has 2 aromatic carbocycles. The molecule has 0 unspecified atom stereocenters. The van der Waals surface area contributed by atoms with Crippen LogP contribution in [0.3, 0.4) is 0 Å². The molecule has 5 rings (SSSR count). The lowest BCUT2D eigenvalue weighted by atomic mass is 10.2. The summed E-state index contributed by atoms with van der Waals surface area (Å²) in [4.78, 5) is 30.8. The molecule has 0 radical (unpaired) electrons. The number of para-hydroxylation sites is 2. The Hall–Kier alpha value is -4.20. The molecule has 2 aromatic heterocycles. The van der Waals surface area contributed by atoms with Crippen molar-refractivity contribution in [1.29, 1.82) is 0 Å². The highest BCUT2D eigenvalue weighted by atomic mass is 16.2. The molecule has 1 saturated carbocycles. The Morgan fingerprint density at radius 3 is 1.71 bits per heavy atom. The number of amides is 2. The van der Waals surface area contributed by atoms with Gasteiger partial charge in [0.2, 0.25) is 11.8 Å². The molecule has 4 N–H and O–H groups in total. The first-order chi connectivity index (χ1) is 15.2. The maximum absolute atomic E-state index is 12.3. The average molecular weight is 412 g/mol. The Kier molecular flexibility index (Phi) is 4.80. The van der Waals surface area contributed by atoms with Crippen molar-refractivity contribution in [2.45, 2.75) is 6.42 Å². The van der Waals surface area contributed by atoms with E-state index in [0.717, 1.165) is 32.9 Å². The molecular formula is C23H20N6O2. The Balaban J connectivity index is 1.13. The molecule has 0 aliphatic heterocycles. The molecule has 31 heavy (non-hydrogen) atoms. The fraction of sp³-hybridized carbons (Fsp3) is 0.130. The van der Waals surface area contributed by atoms with Gasteiger partial charge in [-0.05, 0) is 18.6 Å². The number of hydrazone groups is 2. The van der Waals surface area contributed by atoms with Crippen LogP contribution in [0.2, 0.25) is 0 Å². The van der Waals surface area contributed by atoms with E-state index in [2.05, 4.69) is 31.0 Å². The first-order valence-corrected chi connectivity index (χ1v) is 9.99. The normalized spacial score (nSPS) is 18.2. The molecule has 2 atom stereocenters. The van der Waals surface area contributed by atoms with E-state index in [1.54, 1.807) is 12.4 Å². The van der Waals surface area contributed by atoms with E-state index in [-0.39, 0.29) is 23.7 Å². The zero-order chi connectivity index (χ0) is 21.2. The second-order valence-corrected chi connectivity index (χ2v) is 7.50. The average Bonchev–Trinajstić information content (AvgIpc) is 3.35. The van der Waals surface area contributed by atoms with E-state index in [4.69, 9.17) is 0 Å². The van der Waals surface area contributed by atoms with Crippen LogP contribution in [0.15, 0.2) is 71.1 Å². The summed E-state index contributed by atoms with van der Waals surface area (Å²) in [5.41, 5.74) is 8.82. The van der Waals surface area contributed by atoms with Crippen molar-refractivity contribution < 1.29 is 9.59 Å². The summed E-state index contributed by atoms with van der Waals surface area (Å²) in [7, 11) is 0. The molecule has 8 heteroatoms. The second-order valence-electron chi connectivity index (χ2n) is 7.50. The van der Waals surface area contributed by atoms with Gasteiger partial charge in [-0.15, -0.1) is 0 Å². The highest BCUT2D eigenvalue weighted by Gasteiger charge is 2.48. The zero-order valence-electron chi connectivity index (χ0n) is 16.5. The van der Waals surface area contributed by atoms with Crippen molar-refractivity contribution in [2.75, 3.05) is 0 Å². The third-order valence-electron chi connectivity index (χ3n) is 5.46. The number of aromatic amines is 2. The lowest BCUT2D eigenvalue weighted by molar-refractivity contribution is -0.127. The third kappa shape index (κ3) is 3.83. The molecule has 0 spiro atoms. The summed E-state index contributed by atoms with van der Waals surface area (Å²) in [6.45, 7) is 0. The number of H-pyrrole nitrogens is 2. The topological polar surface area (TPSA) is 114 Å². The number of hydrogen-bond donors (Lipinski definition) is 4. The molecule has 1 aliphatic rings. The van der Waals surface area contributed by atoms with Crippen LogP contribution in [-0.2, 0) is 9.59 Å². The summed E-state index contributed by atoms with van der Waals surface area (Å²) in [6, 6.07) is 15.7. The van der Waals surface area contributed by atoms with E-state index >= 15 is 0 Å². The van der Waals surface area contributed by atoms with Crippen LogP contribution in [0.25, 0.3) is 21.8 Å². The number of nitrogens with zero attached hydrogens (tertiary/aromatic N) is 2. The molecule has 4 aromatic rings. The fourth-order valence-electron chi connectivity index (χ4n) is 3.67. The molecule has 0 bridgehead atoms. The van der Waals surface area contributed by atoms with E-state index < -0.39 is 0 Å². The number of benzene rings is 2. The van der Waals surface area contributed by atoms with Gasteiger partial charge in [-0.1, -0.05) is 36.4 Å². The number of fused-ring (bicyclic) bond motifs is 2. The lowest BCUT2D eigenvalue weighted by Gasteiger charge is -1.99. The molecule has 1 fully saturated rings. The van der Waals surface area contributed by atoms with Gasteiger partial charge in [0.05, 0.1) is 24.3 Å². The fourth-order valence-corrected chi connectivity index (χ4v) is 3.67. The van der Waals surface area contributed by atoms with E-state index in [9.17, 15) is 9.59 Å². The van der Waals surface area contributed by atoms with E-state index in [1.807, 2.05) is 60.9 Å². The van der Waals surface area contributed by atoms with Crippen molar-refractivity contribution in [3.63, 3.8) is 0 Å². The van der Waals surface area contributed by atoms with Crippen LogP contribution >= 0.6 is 0 Å². The quantitative estimate of drug-likeness (QED) is 0.288. The molecule has 2 heterocycles.